The van der Waals surface area contributed by atoms with Crippen molar-refractivity contribution in [1.82, 2.24) is 4.98 Å². The van der Waals surface area contributed by atoms with E-state index >= 15 is 0 Å². The second-order valence-electron chi connectivity index (χ2n) is 5.89. The third-order valence-electron chi connectivity index (χ3n) is 3.99. The van der Waals surface area contributed by atoms with Crippen molar-refractivity contribution < 1.29 is 19.0 Å². The van der Waals surface area contributed by atoms with Crippen LogP contribution in [0.2, 0.25) is 0 Å². The van der Waals surface area contributed by atoms with Crippen molar-refractivity contribution in [3.8, 4) is 17.2 Å². The molecule has 0 aliphatic heterocycles. The monoisotopic (exact) mass is 399 g/mol. The zero-order chi connectivity index (χ0) is 20.1. The van der Waals surface area contributed by atoms with Crippen molar-refractivity contribution in [3.05, 3.63) is 53.0 Å². The van der Waals surface area contributed by atoms with E-state index in [1.807, 2.05) is 25.1 Å². The maximum absolute atomic E-state index is 12.6. The fourth-order valence-corrected chi connectivity index (χ4v) is 3.26. The third kappa shape index (κ3) is 4.34. The summed E-state index contributed by atoms with van der Waals surface area (Å²) in [6.07, 6.45) is 0. The normalized spacial score (nSPS) is 10.3. The smallest absolute Gasteiger partial charge is 0.275 e. The molecule has 28 heavy (non-hydrogen) atoms. The van der Waals surface area contributed by atoms with Gasteiger partial charge in [0, 0.05) is 11.4 Å². The van der Waals surface area contributed by atoms with Crippen molar-refractivity contribution in [2.75, 3.05) is 32.0 Å². The van der Waals surface area contributed by atoms with Gasteiger partial charge in [-0.3, -0.25) is 4.79 Å². The van der Waals surface area contributed by atoms with Gasteiger partial charge in [-0.05, 0) is 36.8 Å². The third-order valence-corrected chi connectivity index (χ3v) is 4.75. The Morgan fingerprint density at radius 3 is 2.46 bits per heavy atom. The summed E-state index contributed by atoms with van der Waals surface area (Å²) in [5.74, 6) is 1.52. The first-order valence-electron chi connectivity index (χ1n) is 8.44. The lowest BCUT2D eigenvalue weighted by atomic mass is 10.2. The van der Waals surface area contributed by atoms with Crippen LogP contribution in [0.4, 0.5) is 16.5 Å². The Hall–Kier alpha value is -3.26. The highest BCUT2D eigenvalue weighted by Gasteiger charge is 2.15. The minimum atomic E-state index is -0.330. The molecule has 0 unspecified atom stereocenters. The fraction of sp³-hybridized carbons (Fsp3) is 0.200. The zero-order valence-electron chi connectivity index (χ0n) is 16.0. The van der Waals surface area contributed by atoms with Gasteiger partial charge in [-0.1, -0.05) is 6.07 Å². The van der Waals surface area contributed by atoms with E-state index in [4.69, 9.17) is 14.2 Å². The molecule has 1 aromatic heterocycles. The summed E-state index contributed by atoms with van der Waals surface area (Å²) in [6.45, 7) is 1.99. The molecule has 0 aliphatic carbocycles. The lowest BCUT2D eigenvalue weighted by molar-refractivity contribution is 0.102. The lowest BCUT2D eigenvalue weighted by Crippen LogP contribution is -2.13. The molecule has 7 nitrogen and oxygen atoms in total. The van der Waals surface area contributed by atoms with E-state index in [-0.39, 0.29) is 5.91 Å². The second-order valence-corrected chi connectivity index (χ2v) is 6.75. The molecule has 0 aliphatic rings. The fourth-order valence-electron chi connectivity index (χ4n) is 2.56. The van der Waals surface area contributed by atoms with Gasteiger partial charge in [0.2, 0.25) is 0 Å². The Kier molecular flexibility index (Phi) is 6.00. The van der Waals surface area contributed by atoms with E-state index in [0.29, 0.717) is 33.8 Å². The number of rotatable bonds is 7. The number of amides is 1. The Morgan fingerprint density at radius 2 is 1.75 bits per heavy atom. The van der Waals surface area contributed by atoms with Crippen LogP contribution in [0.3, 0.4) is 0 Å². The average Bonchev–Trinajstić information content (AvgIpc) is 3.17. The van der Waals surface area contributed by atoms with Gasteiger partial charge < -0.3 is 24.8 Å². The van der Waals surface area contributed by atoms with Crippen molar-refractivity contribution in [2.24, 2.45) is 0 Å². The largest absolute Gasteiger partial charge is 0.497 e. The van der Waals surface area contributed by atoms with E-state index in [1.165, 1.54) is 18.4 Å². The van der Waals surface area contributed by atoms with Gasteiger partial charge in [0.05, 0.1) is 32.7 Å². The number of nitrogens with one attached hydrogen (secondary N) is 2. The molecule has 3 rings (SSSR count). The zero-order valence-corrected chi connectivity index (χ0v) is 16.8. The number of ether oxygens (including phenoxy) is 3. The van der Waals surface area contributed by atoms with Crippen LogP contribution in [-0.4, -0.2) is 32.2 Å². The topological polar surface area (TPSA) is 81.7 Å². The van der Waals surface area contributed by atoms with Crippen LogP contribution in [0, 0.1) is 6.92 Å². The summed E-state index contributed by atoms with van der Waals surface area (Å²) in [4.78, 5) is 16.9. The number of carbonyl (C=O) groups excluding carboxylic acids is 1. The van der Waals surface area contributed by atoms with Crippen molar-refractivity contribution >= 4 is 33.8 Å². The van der Waals surface area contributed by atoms with Gasteiger partial charge in [0.25, 0.3) is 5.91 Å². The van der Waals surface area contributed by atoms with Crippen LogP contribution in [0.1, 0.15) is 16.1 Å². The number of aryl methyl sites for hydroxylation is 1. The molecule has 1 heterocycles. The highest BCUT2D eigenvalue weighted by atomic mass is 32.1. The molecule has 3 aromatic rings. The number of carbonyl (C=O) groups is 1. The average molecular weight is 399 g/mol. The van der Waals surface area contributed by atoms with E-state index in [9.17, 15) is 4.79 Å². The Morgan fingerprint density at radius 1 is 0.964 bits per heavy atom. The summed E-state index contributed by atoms with van der Waals surface area (Å²) >= 11 is 1.33. The van der Waals surface area contributed by atoms with E-state index in [2.05, 4.69) is 15.6 Å². The minimum Gasteiger partial charge on any atom is -0.497 e. The number of aromatic nitrogens is 1. The predicted octanol–water partition coefficient (Wildman–Crippen LogP) is 4.47. The van der Waals surface area contributed by atoms with Gasteiger partial charge in [-0.15, -0.1) is 11.3 Å². The number of methoxy groups -OCH3 is 3. The number of benzene rings is 2. The van der Waals surface area contributed by atoms with Crippen LogP contribution in [0.5, 0.6) is 17.2 Å². The number of hydrogen-bond donors (Lipinski definition) is 2. The van der Waals surface area contributed by atoms with Crippen LogP contribution < -0.4 is 24.8 Å². The van der Waals surface area contributed by atoms with Gasteiger partial charge >= 0.3 is 0 Å². The first kappa shape index (κ1) is 19.5. The molecule has 2 aromatic carbocycles. The highest BCUT2D eigenvalue weighted by Crippen LogP contribution is 2.31. The summed E-state index contributed by atoms with van der Waals surface area (Å²) in [5, 5.41) is 8.30. The van der Waals surface area contributed by atoms with Crippen molar-refractivity contribution in [1.29, 1.82) is 0 Å². The van der Waals surface area contributed by atoms with Gasteiger partial charge in [0.1, 0.15) is 22.9 Å². The Labute approximate surface area is 167 Å². The molecule has 0 radical (unpaired) electrons. The molecular weight excluding hydrogens is 378 g/mol. The molecule has 0 spiro atoms. The first-order valence-corrected chi connectivity index (χ1v) is 9.32. The van der Waals surface area contributed by atoms with Crippen LogP contribution >= 0.6 is 11.3 Å². The van der Waals surface area contributed by atoms with E-state index < -0.39 is 0 Å². The summed E-state index contributed by atoms with van der Waals surface area (Å²) in [5.41, 5.74) is 2.72. The maximum atomic E-state index is 12.6. The maximum Gasteiger partial charge on any atom is 0.275 e. The van der Waals surface area contributed by atoms with Gasteiger partial charge in [-0.25, -0.2) is 4.98 Å². The SMILES string of the molecule is COc1ccc(NC(=O)c2csc(Nc3cc(C)ccc3OC)n2)c(OC)c1. The number of anilines is 3. The minimum absolute atomic E-state index is 0.303. The molecule has 0 saturated heterocycles. The van der Waals surface area contributed by atoms with Crippen molar-refractivity contribution in [2.45, 2.75) is 6.92 Å². The van der Waals surface area contributed by atoms with Crippen LogP contribution in [0.15, 0.2) is 41.8 Å². The number of thiazole rings is 1. The Balaban J connectivity index is 1.75. The first-order chi connectivity index (χ1) is 13.5. The van der Waals surface area contributed by atoms with E-state index in [0.717, 1.165) is 11.3 Å². The van der Waals surface area contributed by atoms with Gasteiger partial charge in [-0.2, -0.15) is 0 Å². The summed E-state index contributed by atoms with van der Waals surface area (Å²) in [6, 6.07) is 11.0. The van der Waals surface area contributed by atoms with E-state index in [1.54, 1.807) is 37.8 Å². The number of nitrogens with zero attached hydrogens (tertiary/aromatic N) is 1. The summed E-state index contributed by atoms with van der Waals surface area (Å²) in [7, 11) is 4.71. The van der Waals surface area contributed by atoms with Crippen LogP contribution in [0.25, 0.3) is 0 Å². The molecule has 146 valence electrons. The van der Waals surface area contributed by atoms with Crippen LogP contribution in [-0.2, 0) is 0 Å². The second kappa shape index (κ2) is 8.62. The lowest BCUT2D eigenvalue weighted by Gasteiger charge is -2.11. The molecule has 1 amide bonds. The molecule has 0 bridgehead atoms. The van der Waals surface area contributed by atoms with Crippen molar-refractivity contribution in [3.63, 3.8) is 0 Å². The molecule has 8 heteroatoms. The molecule has 0 atom stereocenters. The molecule has 0 fully saturated rings. The molecule has 0 saturated carbocycles. The Bertz CT molecular complexity index is 987. The predicted molar refractivity (Wildman–Crippen MR) is 111 cm³/mol. The molecule has 2 N–H and O–H groups in total. The number of hydrogen-bond acceptors (Lipinski definition) is 7. The summed E-state index contributed by atoms with van der Waals surface area (Å²) < 4.78 is 15.8. The van der Waals surface area contributed by atoms with Gasteiger partial charge in [0.15, 0.2) is 5.13 Å². The highest BCUT2D eigenvalue weighted by molar-refractivity contribution is 7.14. The molecular formula is C20H21N3O4S. The quantitative estimate of drug-likeness (QED) is 0.610. The standard InChI is InChI=1S/C20H21N3O4S/c1-12-5-8-17(26-3)15(9-12)22-20-23-16(11-28-20)19(24)21-14-7-6-13(25-2)10-18(14)27-4/h5-11H,1-4H3,(H,21,24)(H,22,23).